The van der Waals surface area contributed by atoms with Crippen LogP contribution in [0.25, 0.3) is 11.5 Å². The van der Waals surface area contributed by atoms with E-state index in [9.17, 15) is 8.42 Å². The molecule has 1 aromatic heterocycles. The Bertz CT molecular complexity index is 793. The zero-order chi connectivity index (χ0) is 17.2. The standard InChI is InChI=1S/C16H21N3O4S/c1-22-10-11-24(20,21)13-6-4-12(5-7-13)14-18-15(19-23-14)16(17)8-2-3-9-16/h4-7H,2-3,8-11,17H2,1H3. The van der Waals surface area contributed by atoms with Crippen molar-refractivity contribution in [1.29, 1.82) is 0 Å². The largest absolute Gasteiger partial charge is 0.384 e. The van der Waals surface area contributed by atoms with Gasteiger partial charge in [0.1, 0.15) is 0 Å². The molecular weight excluding hydrogens is 330 g/mol. The summed E-state index contributed by atoms with van der Waals surface area (Å²) in [5, 5.41) is 4.01. The first-order chi connectivity index (χ1) is 11.4. The van der Waals surface area contributed by atoms with Gasteiger partial charge in [-0.05, 0) is 37.1 Å². The van der Waals surface area contributed by atoms with E-state index in [0.717, 1.165) is 25.7 Å². The predicted octanol–water partition coefficient (Wildman–Crippen LogP) is 1.88. The van der Waals surface area contributed by atoms with E-state index in [1.54, 1.807) is 12.1 Å². The summed E-state index contributed by atoms with van der Waals surface area (Å²) < 4.78 is 34.4. The third-order valence-corrected chi connectivity index (χ3v) is 6.08. The summed E-state index contributed by atoms with van der Waals surface area (Å²) in [5.74, 6) is 0.817. The molecule has 0 bridgehead atoms. The van der Waals surface area contributed by atoms with Gasteiger partial charge in [0.15, 0.2) is 15.7 Å². The number of rotatable bonds is 6. The molecule has 2 aromatic rings. The Morgan fingerprint density at radius 1 is 1.25 bits per heavy atom. The van der Waals surface area contributed by atoms with E-state index < -0.39 is 15.4 Å². The number of nitrogens with two attached hydrogens (primary N) is 1. The van der Waals surface area contributed by atoms with E-state index in [2.05, 4.69) is 10.1 Å². The summed E-state index contributed by atoms with van der Waals surface area (Å²) in [6.45, 7) is 0.162. The van der Waals surface area contributed by atoms with E-state index in [4.69, 9.17) is 15.0 Å². The van der Waals surface area contributed by atoms with Gasteiger partial charge in [-0.15, -0.1) is 0 Å². The molecule has 1 saturated carbocycles. The third kappa shape index (κ3) is 3.35. The van der Waals surface area contributed by atoms with Crippen LogP contribution in [0.15, 0.2) is 33.7 Å². The van der Waals surface area contributed by atoms with Crippen molar-refractivity contribution in [2.24, 2.45) is 5.73 Å². The second-order valence-corrected chi connectivity index (χ2v) is 8.23. The van der Waals surface area contributed by atoms with Gasteiger partial charge in [-0.1, -0.05) is 18.0 Å². The summed E-state index contributed by atoms with van der Waals surface area (Å²) in [6.07, 6.45) is 3.83. The molecular formula is C16H21N3O4S. The fourth-order valence-electron chi connectivity index (χ4n) is 2.89. The lowest BCUT2D eigenvalue weighted by Crippen LogP contribution is -2.34. The molecule has 0 aliphatic heterocycles. The van der Waals surface area contributed by atoms with Gasteiger partial charge in [-0.2, -0.15) is 4.98 Å². The monoisotopic (exact) mass is 351 g/mol. The Labute approximate surface area is 141 Å². The van der Waals surface area contributed by atoms with E-state index in [1.165, 1.54) is 19.2 Å². The van der Waals surface area contributed by atoms with Crippen LogP contribution in [0.4, 0.5) is 0 Å². The minimum Gasteiger partial charge on any atom is -0.384 e. The molecule has 0 amide bonds. The second-order valence-electron chi connectivity index (χ2n) is 6.12. The zero-order valence-electron chi connectivity index (χ0n) is 13.6. The Kier molecular flexibility index (Phi) is 4.71. The second kappa shape index (κ2) is 6.62. The first-order valence-electron chi connectivity index (χ1n) is 7.90. The fourth-order valence-corrected chi connectivity index (χ4v) is 4.06. The predicted molar refractivity (Wildman–Crippen MR) is 88.0 cm³/mol. The van der Waals surface area contributed by atoms with Crippen LogP contribution in [0, 0.1) is 0 Å². The molecule has 0 radical (unpaired) electrons. The van der Waals surface area contributed by atoms with E-state index in [1.807, 2.05) is 0 Å². The summed E-state index contributed by atoms with van der Waals surface area (Å²) >= 11 is 0. The Balaban J connectivity index is 1.80. The quantitative estimate of drug-likeness (QED) is 0.846. The number of aromatic nitrogens is 2. The Morgan fingerprint density at radius 2 is 1.92 bits per heavy atom. The first-order valence-corrected chi connectivity index (χ1v) is 9.55. The molecule has 3 rings (SSSR count). The molecule has 1 aliphatic carbocycles. The van der Waals surface area contributed by atoms with Crippen LogP contribution in [0.3, 0.4) is 0 Å². The molecule has 7 nitrogen and oxygen atoms in total. The van der Waals surface area contributed by atoms with Crippen LogP contribution in [0.1, 0.15) is 31.5 Å². The molecule has 0 spiro atoms. The molecule has 2 N–H and O–H groups in total. The van der Waals surface area contributed by atoms with Crippen molar-refractivity contribution in [3.05, 3.63) is 30.1 Å². The smallest absolute Gasteiger partial charge is 0.257 e. The van der Waals surface area contributed by atoms with E-state index in [0.29, 0.717) is 17.3 Å². The highest BCUT2D eigenvalue weighted by atomic mass is 32.2. The number of hydrogen-bond donors (Lipinski definition) is 1. The molecule has 1 aliphatic rings. The van der Waals surface area contributed by atoms with Crippen molar-refractivity contribution in [3.63, 3.8) is 0 Å². The number of sulfone groups is 1. The van der Waals surface area contributed by atoms with Crippen LogP contribution in [-0.2, 0) is 20.1 Å². The Hall–Kier alpha value is -1.77. The summed E-state index contributed by atoms with van der Waals surface area (Å²) in [5.41, 5.74) is 6.48. The highest BCUT2D eigenvalue weighted by Gasteiger charge is 2.36. The van der Waals surface area contributed by atoms with Gasteiger partial charge >= 0.3 is 0 Å². The average molecular weight is 351 g/mol. The molecule has 1 aromatic carbocycles. The van der Waals surface area contributed by atoms with Crippen molar-refractivity contribution < 1.29 is 17.7 Å². The lowest BCUT2D eigenvalue weighted by molar-refractivity contribution is 0.217. The minimum atomic E-state index is -3.35. The molecule has 0 saturated heterocycles. The number of methoxy groups -OCH3 is 1. The number of nitrogens with zero attached hydrogens (tertiary/aromatic N) is 2. The maximum absolute atomic E-state index is 12.1. The van der Waals surface area contributed by atoms with Gasteiger partial charge in [0, 0.05) is 12.7 Å². The first kappa shape index (κ1) is 17.1. The molecule has 0 atom stereocenters. The lowest BCUT2D eigenvalue weighted by atomic mass is 9.99. The van der Waals surface area contributed by atoms with Crippen molar-refractivity contribution in [2.45, 2.75) is 36.1 Å². The minimum absolute atomic E-state index is 0.0523. The number of benzene rings is 1. The van der Waals surface area contributed by atoms with Crippen molar-refractivity contribution in [3.8, 4) is 11.5 Å². The molecule has 1 fully saturated rings. The normalized spacial score (nSPS) is 17.2. The summed E-state index contributed by atoms with van der Waals surface area (Å²) in [7, 11) is -1.88. The van der Waals surface area contributed by atoms with E-state index >= 15 is 0 Å². The van der Waals surface area contributed by atoms with Gasteiger partial charge < -0.3 is 15.0 Å². The summed E-state index contributed by atoms with van der Waals surface area (Å²) in [4.78, 5) is 4.65. The summed E-state index contributed by atoms with van der Waals surface area (Å²) in [6, 6.07) is 6.40. The van der Waals surface area contributed by atoms with Crippen LogP contribution >= 0.6 is 0 Å². The highest BCUT2D eigenvalue weighted by Crippen LogP contribution is 2.35. The molecule has 24 heavy (non-hydrogen) atoms. The van der Waals surface area contributed by atoms with Crippen LogP contribution in [-0.4, -0.2) is 38.0 Å². The number of ether oxygens (including phenoxy) is 1. The van der Waals surface area contributed by atoms with E-state index in [-0.39, 0.29) is 17.3 Å². The van der Waals surface area contributed by atoms with Crippen molar-refractivity contribution in [2.75, 3.05) is 19.5 Å². The zero-order valence-corrected chi connectivity index (χ0v) is 14.4. The average Bonchev–Trinajstić information content (AvgIpc) is 3.23. The third-order valence-electron chi connectivity index (χ3n) is 4.38. The fraction of sp³-hybridized carbons (Fsp3) is 0.500. The number of hydrogen-bond acceptors (Lipinski definition) is 7. The van der Waals surface area contributed by atoms with Crippen molar-refractivity contribution >= 4 is 9.84 Å². The van der Waals surface area contributed by atoms with Gasteiger partial charge in [0.2, 0.25) is 0 Å². The Morgan fingerprint density at radius 3 is 2.54 bits per heavy atom. The van der Waals surface area contributed by atoms with Crippen LogP contribution in [0.5, 0.6) is 0 Å². The molecule has 130 valence electrons. The molecule has 8 heteroatoms. The maximum Gasteiger partial charge on any atom is 0.257 e. The SMILES string of the molecule is COCCS(=O)(=O)c1ccc(-c2nc(C3(N)CCCC3)no2)cc1. The van der Waals surface area contributed by atoms with Gasteiger partial charge in [0.05, 0.1) is 22.8 Å². The molecule has 1 heterocycles. The highest BCUT2D eigenvalue weighted by molar-refractivity contribution is 7.91. The van der Waals surface area contributed by atoms with Crippen molar-refractivity contribution in [1.82, 2.24) is 10.1 Å². The lowest BCUT2D eigenvalue weighted by Gasteiger charge is -2.17. The van der Waals surface area contributed by atoms with Crippen LogP contribution in [0.2, 0.25) is 0 Å². The van der Waals surface area contributed by atoms with Crippen LogP contribution < -0.4 is 5.73 Å². The molecule has 0 unspecified atom stereocenters. The maximum atomic E-state index is 12.1. The van der Waals surface area contributed by atoms with Gasteiger partial charge in [-0.25, -0.2) is 8.42 Å². The van der Waals surface area contributed by atoms with Gasteiger partial charge in [-0.3, -0.25) is 0 Å². The topological polar surface area (TPSA) is 108 Å². The van der Waals surface area contributed by atoms with Gasteiger partial charge in [0.25, 0.3) is 5.89 Å².